The van der Waals surface area contributed by atoms with Crippen LogP contribution in [0.25, 0.3) is 0 Å². The summed E-state index contributed by atoms with van der Waals surface area (Å²) in [5, 5.41) is 2.62. The van der Waals surface area contributed by atoms with Crippen molar-refractivity contribution in [3.05, 3.63) is 59.0 Å². The van der Waals surface area contributed by atoms with Crippen molar-refractivity contribution in [2.45, 2.75) is 26.1 Å². The molecule has 1 aliphatic heterocycles. The second kappa shape index (κ2) is 9.34. The molecule has 1 aromatic heterocycles. The SMILES string of the molecule is Cc1occc1C(=O)NCC(=O)N1CCCN(Cc2ccc(C(F)(F)F)cc2)CC1. The normalized spacial score (nSPS) is 15.7. The summed E-state index contributed by atoms with van der Waals surface area (Å²) in [4.78, 5) is 28.4. The van der Waals surface area contributed by atoms with Gasteiger partial charge in [-0.3, -0.25) is 14.5 Å². The van der Waals surface area contributed by atoms with Gasteiger partial charge in [0.15, 0.2) is 0 Å². The van der Waals surface area contributed by atoms with Crippen molar-refractivity contribution in [2.75, 3.05) is 32.7 Å². The average Bonchev–Trinajstić information content (AvgIpc) is 2.99. The van der Waals surface area contributed by atoms with Crippen molar-refractivity contribution in [1.82, 2.24) is 15.1 Å². The fourth-order valence-corrected chi connectivity index (χ4v) is 3.42. The van der Waals surface area contributed by atoms with Crippen LogP contribution in [0.15, 0.2) is 41.0 Å². The van der Waals surface area contributed by atoms with Gasteiger partial charge >= 0.3 is 6.18 Å². The zero-order valence-corrected chi connectivity index (χ0v) is 16.7. The number of aryl methyl sites for hydroxylation is 1. The third-order valence-electron chi connectivity index (χ3n) is 5.13. The van der Waals surface area contributed by atoms with Crippen LogP contribution in [0.4, 0.5) is 13.2 Å². The highest BCUT2D eigenvalue weighted by Gasteiger charge is 2.30. The summed E-state index contributed by atoms with van der Waals surface area (Å²) in [6.07, 6.45) is -2.17. The molecule has 3 rings (SSSR count). The lowest BCUT2D eigenvalue weighted by Gasteiger charge is -2.22. The molecule has 1 fully saturated rings. The lowest BCUT2D eigenvalue weighted by molar-refractivity contribution is -0.137. The fraction of sp³-hybridized carbons (Fsp3) is 0.429. The maximum atomic E-state index is 12.7. The highest BCUT2D eigenvalue weighted by Crippen LogP contribution is 2.29. The summed E-state index contributed by atoms with van der Waals surface area (Å²) in [5.41, 5.74) is 0.540. The van der Waals surface area contributed by atoms with Crippen molar-refractivity contribution < 1.29 is 27.2 Å². The number of carbonyl (C=O) groups is 2. The predicted molar refractivity (Wildman–Crippen MR) is 104 cm³/mol. The fourth-order valence-electron chi connectivity index (χ4n) is 3.42. The van der Waals surface area contributed by atoms with Gasteiger partial charge in [-0.05, 0) is 37.1 Å². The van der Waals surface area contributed by atoms with E-state index in [1.165, 1.54) is 18.4 Å². The van der Waals surface area contributed by atoms with Gasteiger partial charge in [-0.25, -0.2) is 0 Å². The maximum Gasteiger partial charge on any atom is 0.416 e. The first-order chi connectivity index (χ1) is 14.2. The molecule has 0 aliphatic carbocycles. The van der Waals surface area contributed by atoms with Gasteiger partial charge in [0, 0.05) is 32.7 Å². The molecular formula is C21H24F3N3O3. The number of rotatable bonds is 5. The van der Waals surface area contributed by atoms with E-state index in [1.54, 1.807) is 17.9 Å². The number of nitrogens with one attached hydrogen (secondary N) is 1. The number of carbonyl (C=O) groups excluding carboxylic acids is 2. The molecular weight excluding hydrogens is 399 g/mol. The van der Waals surface area contributed by atoms with E-state index >= 15 is 0 Å². The Labute approximate surface area is 172 Å². The Balaban J connectivity index is 1.48. The van der Waals surface area contributed by atoms with Crippen molar-refractivity contribution in [3.63, 3.8) is 0 Å². The van der Waals surface area contributed by atoms with Crippen LogP contribution in [0.1, 0.15) is 33.7 Å². The molecule has 2 heterocycles. The molecule has 0 spiro atoms. The summed E-state index contributed by atoms with van der Waals surface area (Å²) >= 11 is 0. The summed E-state index contributed by atoms with van der Waals surface area (Å²) in [6, 6.07) is 6.72. The van der Waals surface area contributed by atoms with Crippen molar-refractivity contribution in [1.29, 1.82) is 0 Å². The Morgan fingerprint density at radius 1 is 1.07 bits per heavy atom. The highest BCUT2D eigenvalue weighted by atomic mass is 19.4. The molecule has 30 heavy (non-hydrogen) atoms. The number of hydrogen-bond donors (Lipinski definition) is 1. The van der Waals surface area contributed by atoms with Crippen molar-refractivity contribution in [2.24, 2.45) is 0 Å². The molecule has 9 heteroatoms. The van der Waals surface area contributed by atoms with E-state index in [0.717, 1.165) is 30.7 Å². The van der Waals surface area contributed by atoms with Crippen molar-refractivity contribution >= 4 is 11.8 Å². The molecule has 6 nitrogen and oxygen atoms in total. The summed E-state index contributed by atoms with van der Waals surface area (Å²) in [7, 11) is 0. The molecule has 0 bridgehead atoms. The van der Waals surface area contributed by atoms with Crippen LogP contribution >= 0.6 is 0 Å². The molecule has 0 atom stereocenters. The first-order valence-electron chi connectivity index (χ1n) is 9.72. The van der Waals surface area contributed by atoms with E-state index in [4.69, 9.17) is 4.42 Å². The monoisotopic (exact) mass is 423 g/mol. The summed E-state index contributed by atoms with van der Waals surface area (Å²) in [5.74, 6) is -0.0251. The number of amides is 2. The molecule has 1 aliphatic rings. The van der Waals surface area contributed by atoms with E-state index in [2.05, 4.69) is 10.2 Å². The van der Waals surface area contributed by atoms with Gasteiger partial charge in [0.1, 0.15) is 5.76 Å². The quantitative estimate of drug-likeness (QED) is 0.803. The van der Waals surface area contributed by atoms with Gasteiger partial charge in [-0.15, -0.1) is 0 Å². The van der Waals surface area contributed by atoms with Gasteiger partial charge in [0.05, 0.1) is 23.9 Å². The van der Waals surface area contributed by atoms with E-state index < -0.39 is 11.7 Å². The van der Waals surface area contributed by atoms with Crippen molar-refractivity contribution in [3.8, 4) is 0 Å². The Morgan fingerprint density at radius 3 is 2.43 bits per heavy atom. The number of halogens is 3. The van der Waals surface area contributed by atoms with Gasteiger partial charge in [-0.1, -0.05) is 12.1 Å². The predicted octanol–water partition coefficient (Wildman–Crippen LogP) is 3.07. The van der Waals surface area contributed by atoms with E-state index in [-0.39, 0.29) is 18.4 Å². The zero-order valence-electron chi connectivity index (χ0n) is 16.7. The Morgan fingerprint density at radius 2 is 1.80 bits per heavy atom. The second-order valence-electron chi connectivity index (χ2n) is 7.28. The lowest BCUT2D eigenvalue weighted by Crippen LogP contribution is -2.42. The molecule has 2 amide bonds. The number of benzene rings is 1. The Kier molecular flexibility index (Phi) is 6.81. The van der Waals surface area contributed by atoms with Crippen LogP contribution < -0.4 is 5.32 Å². The van der Waals surface area contributed by atoms with E-state index in [1.807, 2.05) is 0 Å². The third-order valence-corrected chi connectivity index (χ3v) is 5.13. The third kappa shape index (κ3) is 5.63. The number of nitrogens with zero attached hydrogens (tertiary/aromatic N) is 2. The minimum absolute atomic E-state index is 0.0949. The van der Waals surface area contributed by atoms with Gasteiger partial charge < -0.3 is 14.6 Å². The summed E-state index contributed by atoms with van der Waals surface area (Å²) < 4.78 is 43.1. The zero-order chi connectivity index (χ0) is 21.7. The van der Waals surface area contributed by atoms with Gasteiger partial charge in [0.2, 0.25) is 5.91 Å². The van der Waals surface area contributed by atoms with Crippen LogP contribution in [0.3, 0.4) is 0 Å². The smallest absolute Gasteiger partial charge is 0.416 e. The van der Waals surface area contributed by atoms with Gasteiger partial charge in [0.25, 0.3) is 5.91 Å². The maximum absolute atomic E-state index is 12.7. The molecule has 1 N–H and O–H groups in total. The second-order valence-corrected chi connectivity index (χ2v) is 7.28. The number of furan rings is 1. The minimum Gasteiger partial charge on any atom is -0.469 e. The van der Waals surface area contributed by atoms with Crippen LogP contribution in [-0.2, 0) is 17.5 Å². The Hall–Kier alpha value is -2.81. The molecule has 0 unspecified atom stereocenters. The largest absolute Gasteiger partial charge is 0.469 e. The number of alkyl halides is 3. The lowest BCUT2D eigenvalue weighted by atomic mass is 10.1. The van der Waals surface area contributed by atoms with E-state index in [0.29, 0.717) is 37.5 Å². The molecule has 162 valence electrons. The molecule has 0 saturated carbocycles. The first-order valence-corrected chi connectivity index (χ1v) is 9.72. The average molecular weight is 423 g/mol. The molecule has 1 saturated heterocycles. The highest BCUT2D eigenvalue weighted by molar-refractivity contribution is 5.97. The van der Waals surface area contributed by atoms with Crippen LogP contribution in [0.5, 0.6) is 0 Å². The molecule has 2 aromatic rings. The van der Waals surface area contributed by atoms with Crippen LogP contribution in [0, 0.1) is 6.92 Å². The van der Waals surface area contributed by atoms with E-state index in [9.17, 15) is 22.8 Å². The molecule has 0 radical (unpaired) electrons. The molecule has 1 aromatic carbocycles. The summed E-state index contributed by atoms with van der Waals surface area (Å²) in [6.45, 7) is 4.53. The van der Waals surface area contributed by atoms with Crippen LogP contribution in [0.2, 0.25) is 0 Å². The van der Waals surface area contributed by atoms with Gasteiger partial charge in [-0.2, -0.15) is 13.2 Å². The minimum atomic E-state index is -4.34. The van der Waals surface area contributed by atoms with Crippen LogP contribution in [-0.4, -0.2) is 54.3 Å². The topological polar surface area (TPSA) is 65.8 Å². The first kappa shape index (κ1) is 21.9. The standard InChI is InChI=1S/C21H24F3N3O3/c1-15-18(7-12-30-15)20(29)25-13-19(28)27-9-2-8-26(10-11-27)14-16-3-5-17(6-4-16)21(22,23)24/h3-7,12H,2,8-11,13-14H2,1H3,(H,25,29). The number of hydrogen-bond acceptors (Lipinski definition) is 4. The Bertz CT molecular complexity index is 878.